The van der Waals surface area contributed by atoms with E-state index in [0.29, 0.717) is 18.4 Å². The quantitative estimate of drug-likeness (QED) is 0.695. The number of aliphatic hydroxyl groups is 1. The van der Waals surface area contributed by atoms with Gasteiger partial charge in [-0.2, -0.15) is 0 Å². The first-order chi connectivity index (χ1) is 9.63. The van der Waals surface area contributed by atoms with Crippen molar-refractivity contribution >= 4 is 11.9 Å². The maximum Gasteiger partial charge on any atom is 0.309 e. The van der Waals surface area contributed by atoms with E-state index in [4.69, 9.17) is 0 Å². The Kier molecular flexibility index (Phi) is 3.91. The van der Waals surface area contributed by atoms with Crippen LogP contribution in [0, 0.1) is 22.7 Å². The Bertz CT molecular complexity index is 485. The number of carboxylic acid groups (broad SMARTS) is 2. The predicted octanol–water partition coefficient (Wildman–Crippen LogP) is 2.30. The van der Waals surface area contributed by atoms with Crippen LogP contribution in [0.4, 0.5) is 0 Å². The van der Waals surface area contributed by atoms with Crippen LogP contribution in [0.15, 0.2) is 12.2 Å². The SMILES string of the molecule is C=C1[C@@H](O)C[C@@H]2[C@@](C)(CCC[C@]2(C)C(=O)O)[C@H]1CC(=O)O. The molecule has 2 saturated carbocycles. The maximum absolute atomic E-state index is 11.8. The van der Waals surface area contributed by atoms with E-state index in [1.807, 2.05) is 6.92 Å². The normalized spacial score (nSPS) is 43.2. The number of aliphatic hydroxyl groups excluding tert-OH is 1. The molecule has 2 rings (SSSR count). The van der Waals surface area contributed by atoms with E-state index in [1.165, 1.54) is 0 Å². The fourth-order valence-electron chi connectivity index (χ4n) is 4.68. The molecule has 0 spiro atoms. The molecule has 0 aliphatic heterocycles. The van der Waals surface area contributed by atoms with Crippen molar-refractivity contribution in [3.05, 3.63) is 12.2 Å². The standard InChI is InChI=1S/C16H24O5/c1-9-10(7-13(18)19)15(2)5-4-6-16(3,14(20)21)12(15)8-11(9)17/h10-12,17H,1,4-8H2,2-3H3,(H,18,19)(H,20,21)/t10-,11-,12+,15-,16-/m0/s1. The summed E-state index contributed by atoms with van der Waals surface area (Å²) in [4.78, 5) is 23.0. The summed E-state index contributed by atoms with van der Waals surface area (Å²) < 4.78 is 0. The van der Waals surface area contributed by atoms with Gasteiger partial charge < -0.3 is 15.3 Å². The van der Waals surface area contributed by atoms with Crippen LogP contribution in [0.25, 0.3) is 0 Å². The molecule has 0 aromatic rings. The minimum Gasteiger partial charge on any atom is -0.481 e. The lowest BCUT2D eigenvalue weighted by molar-refractivity contribution is -0.168. The number of fused-ring (bicyclic) bond motifs is 1. The third kappa shape index (κ3) is 2.37. The van der Waals surface area contributed by atoms with E-state index in [9.17, 15) is 24.9 Å². The first-order valence-corrected chi connectivity index (χ1v) is 7.45. The van der Waals surface area contributed by atoms with Crippen molar-refractivity contribution in [2.75, 3.05) is 0 Å². The molecular formula is C16H24O5. The summed E-state index contributed by atoms with van der Waals surface area (Å²) in [6.07, 6.45) is 1.55. The van der Waals surface area contributed by atoms with Crippen LogP contribution >= 0.6 is 0 Å². The van der Waals surface area contributed by atoms with Crippen molar-refractivity contribution in [1.82, 2.24) is 0 Å². The molecule has 2 fully saturated rings. The van der Waals surface area contributed by atoms with E-state index in [0.717, 1.165) is 12.8 Å². The van der Waals surface area contributed by atoms with Crippen molar-refractivity contribution in [3.8, 4) is 0 Å². The topological polar surface area (TPSA) is 94.8 Å². The minimum absolute atomic E-state index is 0.0986. The summed E-state index contributed by atoms with van der Waals surface area (Å²) in [7, 11) is 0. The highest BCUT2D eigenvalue weighted by Gasteiger charge is 2.59. The monoisotopic (exact) mass is 296 g/mol. The molecule has 0 bridgehead atoms. The molecule has 0 radical (unpaired) electrons. The molecule has 0 heterocycles. The van der Waals surface area contributed by atoms with E-state index >= 15 is 0 Å². The van der Waals surface area contributed by atoms with Gasteiger partial charge in [0.1, 0.15) is 0 Å². The van der Waals surface area contributed by atoms with Crippen LogP contribution in [-0.4, -0.2) is 33.4 Å². The summed E-state index contributed by atoms with van der Waals surface area (Å²) in [5.41, 5.74) is -0.795. The number of rotatable bonds is 3. The van der Waals surface area contributed by atoms with Gasteiger partial charge >= 0.3 is 11.9 Å². The smallest absolute Gasteiger partial charge is 0.309 e. The second-order valence-electron chi connectivity index (χ2n) is 7.11. The van der Waals surface area contributed by atoms with Gasteiger partial charge in [-0.25, -0.2) is 0 Å². The third-order valence-electron chi connectivity index (χ3n) is 5.97. The Morgan fingerprint density at radius 3 is 2.43 bits per heavy atom. The van der Waals surface area contributed by atoms with Crippen LogP contribution < -0.4 is 0 Å². The second-order valence-corrected chi connectivity index (χ2v) is 7.11. The van der Waals surface area contributed by atoms with Gasteiger partial charge in [0.25, 0.3) is 0 Å². The highest BCUT2D eigenvalue weighted by atomic mass is 16.4. The zero-order chi connectivity index (χ0) is 16.0. The van der Waals surface area contributed by atoms with Crippen LogP contribution in [-0.2, 0) is 9.59 Å². The van der Waals surface area contributed by atoms with Crippen LogP contribution in [0.5, 0.6) is 0 Å². The molecule has 21 heavy (non-hydrogen) atoms. The lowest BCUT2D eigenvalue weighted by atomic mass is 9.46. The average molecular weight is 296 g/mol. The van der Waals surface area contributed by atoms with Crippen molar-refractivity contribution < 1.29 is 24.9 Å². The highest BCUT2D eigenvalue weighted by Crippen LogP contribution is 2.61. The largest absolute Gasteiger partial charge is 0.481 e. The van der Waals surface area contributed by atoms with Gasteiger partial charge in [-0.1, -0.05) is 19.9 Å². The van der Waals surface area contributed by atoms with Gasteiger partial charge in [-0.15, -0.1) is 0 Å². The molecule has 5 heteroatoms. The molecule has 2 aliphatic carbocycles. The van der Waals surface area contributed by atoms with E-state index < -0.39 is 28.9 Å². The van der Waals surface area contributed by atoms with E-state index in [-0.39, 0.29) is 18.3 Å². The predicted molar refractivity (Wildman–Crippen MR) is 76.7 cm³/mol. The molecule has 5 atom stereocenters. The fourth-order valence-corrected chi connectivity index (χ4v) is 4.68. The van der Waals surface area contributed by atoms with Gasteiger partial charge in [0.15, 0.2) is 0 Å². The summed E-state index contributed by atoms with van der Waals surface area (Å²) in [5, 5.41) is 29.1. The highest BCUT2D eigenvalue weighted by molar-refractivity contribution is 5.75. The number of carbonyl (C=O) groups is 2. The maximum atomic E-state index is 11.8. The molecular weight excluding hydrogens is 272 g/mol. The molecule has 0 aromatic heterocycles. The molecule has 0 saturated heterocycles. The first-order valence-electron chi connectivity index (χ1n) is 7.45. The van der Waals surface area contributed by atoms with Gasteiger partial charge in [0.2, 0.25) is 0 Å². The Morgan fingerprint density at radius 1 is 1.29 bits per heavy atom. The summed E-state index contributed by atoms with van der Waals surface area (Å²) in [5.74, 6) is -2.39. The number of carboxylic acids is 2. The van der Waals surface area contributed by atoms with Gasteiger partial charge in [0.05, 0.1) is 17.9 Å². The lowest BCUT2D eigenvalue weighted by Gasteiger charge is -2.58. The van der Waals surface area contributed by atoms with Gasteiger partial charge in [-0.3, -0.25) is 9.59 Å². The average Bonchev–Trinajstić information content (AvgIpc) is 2.37. The summed E-state index contributed by atoms with van der Waals surface area (Å²) in [6, 6.07) is 0. The molecule has 0 amide bonds. The Morgan fingerprint density at radius 2 is 1.90 bits per heavy atom. The van der Waals surface area contributed by atoms with Crippen LogP contribution in [0.2, 0.25) is 0 Å². The fraction of sp³-hybridized carbons (Fsp3) is 0.750. The van der Waals surface area contributed by atoms with Crippen LogP contribution in [0.3, 0.4) is 0 Å². The number of hydrogen-bond donors (Lipinski definition) is 3. The van der Waals surface area contributed by atoms with Gasteiger partial charge in [-0.05, 0) is 49.0 Å². The third-order valence-corrected chi connectivity index (χ3v) is 5.97. The molecule has 0 unspecified atom stereocenters. The van der Waals surface area contributed by atoms with Crippen molar-refractivity contribution in [2.24, 2.45) is 22.7 Å². The molecule has 3 N–H and O–H groups in total. The Balaban J connectivity index is 2.47. The minimum atomic E-state index is -0.933. The Hall–Kier alpha value is -1.36. The van der Waals surface area contributed by atoms with Gasteiger partial charge in [0, 0.05) is 0 Å². The number of aliphatic carboxylic acids is 2. The van der Waals surface area contributed by atoms with Crippen molar-refractivity contribution in [2.45, 2.75) is 52.1 Å². The molecule has 118 valence electrons. The molecule has 5 nitrogen and oxygen atoms in total. The first kappa shape index (κ1) is 16.0. The summed E-state index contributed by atoms with van der Waals surface area (Å²) >= 11 is 0. The number of hydrogen-bond acceptors (Lipinski definition) is 3. The zero-order valence-electron chi connectivity index (χ0n) is 12.6. The molecule has 0 aromatic carbocycles. The van der Waals surface area contributed by atoms with Crippen molar-refractivity contribution in [1.29, 1.82) is 0 Å². The van der Waals surface area contributed by atoms with E-state index in [2.05, 4.69) is 6.58 Å². The Labute approximate surface area is 124 Å². The van der Waals surface area contributed by atoms with Crippen LogP contribution in [0.1, 0.15) is 46.0 Å². The van der Waals surface area contributed by atoms with E-state index in [1.54, 1.807) is 6.92 Å². The zero-order valence-corrected chi connectivity index (χ0v) is 12.6. The lowest BCUT2D eigenvalue weighted by Crippen LogP contribution is -2.56. The molecule has 2 aliphatic rings. The van der Waals surface area contributed by atoms with Crippen molar-refractivity contribution in [3.63, 3.8) is 0 Å². The summed E-state index contributed by atoms with van der Waals surface area (Å²) in [6.45, 7) is 7.60. The second kappa shape index (κ2) is 5.13.